The number of carbonyl (C=O) groups is 2. The van der Waals surface area contributed by atoms with Crippen LogP contribution < -0.4 is 10.6 Å². The highest BCUT2D eigenvalue weighted by molar-refractivity contribution is 5.73. The molecule has 2 amide bonds. The van der Waals surface area contributed by atoms with E-state index in [9.17, 15) is 9.59 Å². The molecule has 20 heavy (non-hydrogen) atoms. The standard InChI is InChI=1S/C12H19N5O3/c18-11(19)8-17-7-10(15-16-17)6-14-12(20)13-5-4-9-2-1-3-9/h7,9H,1-6,8H2,(H,18,19)(H2,13,14,20). The fourth-order valence-electron chi connectivity index (χ4n) is 2.04. The normalized spacial score (nSPS) is 14.6. The zero-order valence-electron chi connectivity index (χ0n) is 11.2. The van der Waals surface area contributed by atoms with Gasteiger partial charge in [-0.1, -0.05) is 24.5 Å². The predicted molar refractivity (Wildman–Crippen MR) is 69.9 cm³/mol. The minimum Gasteiger partial charge on any atom is -0.480 e. The third-order valence-electron chi connectivity index (χ3n) is 3.38. The first-order valence-corrected chi connectivity index (χ1v) is 6.76. The molecule has 1 aromatic rings. The quantitative estimate of drug-likeness (QED) is 0.668. The lowest BCUT2D eigenvalue weighted by molar-refractivity contribution is -0.137. The van der Waals surface area contributed by atoms with Gasteiger partial charge in [-0.05, 0) is 12.3 Å². The van der Waals surface area contributed by atoms with Crippen LogP contribution in [0.25, 0.3) is 0 Å². The highest BCUT2D eigenvalue weighted by Crippen LogP contribution is 2.28. The van der Waals surface area contributed by atoms with Crippen LogP contribution in [0.15, 0.2) is 6.20 Å². The molecule has 0 saturated heterocycles. The molecule has 2 rings (SSSR count). The topological polar surface area (TPSA) is 109 Å². The summed E-state index contributed by atoms with van der Waals surface area (Å²) in [6.45, 7) is 0.678. The third-order valence-corrected chi connectivity index (χ3v) is 3.38. The average Bonchev–Trinajstić information content (AvgIpc) is 2.76. The van der Waals surface area contributed by atoms with Gasteiger partial charge in [-0.25, -0.2) is 9.48 Å². The summed E-state index contributed by atoms with van der Waals surface area (Å²) in [6, 6.07) is -0.239. The molecule has 1 aromatic heterocycles. The maximum absolute atomic E-state index is 11.5. The lowest BCUT2D eigenvalue weighted by Crippen LogP contribution is -2.36. The molecule has 1 heterocycles. The molecule has 8 nitrogen and oxygen atoms in total. The number of hydrogen-bond acceptors (Lipinski definition) is 4. The van der Waals surface area contributed by atoms with E-state index in [1.807, 2.05) is 0 Å². The van der Waals surface area contributed by atoms with Gasteiger partial charge in [0.25, 0.3) is 0 Å². The molecule has 0 atom stereocenters. The highest BCUT2D eigenvalue weighted by atomic mass is 16.4. The van der Waals surface area contributed by atoms with Crippen molar-refractivity contribution in [2.24, 2.45) is 5.92 Å². The number of nitrogens with one attached hydrogen (secondary N) is 2. The molecule has 110 valence electrons. The third kappa shape index (κ3) is 4.52. The summed E-state index contributed by atoms with van der Waals surface area (Å²) in [4.78, 5) is 22.0. The molecular formula is C12H19N5O3. The van der Waals surface area contributed by atoms with E-state index in [0.29, 0.717) is 12.2 Å². The molecule has 0 radical (unpaired) electrons. The lowest BCUT2D eigenvalue weighted by Gasteiger charge is -2.25. The van der Waals surface area contributed by atoms with Crippen LogP contribution in [-0.4, -0.2) is 38.6 Å². The van der Waals surface area contributed by atoms with Gasteiger partial charge in [-0.15, -0.1) is 5.10 Å². The van der Waals surface area contributed by atoms with Crippen LogP contribution in [-0.2, 0) is 17.9 Å². The number of carboxylic acid groups (broad SMARTS) is 1. The molecule has 0 aliphatic heterocycles. The Morgan fingerprint density at radius 1 is 1.40 bits per heavy atom. The zero-order valence-corrected chi connectivity index (χ0v) is 11.2. The highest BCUT2D eigenvalue weighted by Gasteiger charge is 2.16. The molecule has 0 bridgehead atoms. The number of hydrogen-bond donors (Lipinski definition) is 3. The van der Waals surface area contributed by atoms with E-state index < -0.39 is 5.97 Å². The summed E-state index contributed by atoms with van der Waals surface area (Å²) < 4.78 is 1.22. The second kappa shape index (κ2) is 6.88. The number of urea groups is 1. The van der Waals surface area contributed by atoms with E-state index in [0.717, 1.165) is 12.3 Å². The van der Waals surface area contributed by atoms with Crippen LogP contribution in [0.5, 0.6) is 0 Å². The largest absolute Gasteiger partial charge is 0.480 e. The maximum atomic E-state index is 11.5. The number of aromatic nitrogens is 3. The smallest absolute Gasteiger partial charge is 0.325 e. The maximum Gasteiger partial charge on any atom is 0.325 e. The second-order valence-corrected chi connectivity index (χ2v) is 5.00. The number of rotatable bonds is 7. The van der Waals surface area contributed by atoms with Crippen molar-refractivity contribution in [2.45, 2.75) is 38.8 Å². The van der Waals surface area contributed by atoms with E-state index in [4.69, 9.17) is 5.11 Å². The van der Waals surface area contributed by atoms with Gasteiger partial charge in [0.2, 0.25) is 0 Å². The Bertz CT molecular complexity index is 469. The Kier molecular flexibility index (Phi) is 4.91. The predicted octanol–water partition coefficient (Wildman–Crippen LogP) is 0.352. The van der Waals surface area contributed by atoms with Crippen molar-refractivity contribution >= 4 is 12.0 Å². The van der Waals surface area contributed by atoms with Gasteiger partial charge < -0.3 is 15.7 Å². The van der Waals surface area contributed by atoms with Gasteiger partial charge in [0, 0.05) is 6.54 Å². The fraction of sp³-hybridized carbons (Fsp3) is 0.667. The van der Waals surface area contributed by atoms with Gasteiger partial charge in [0.05, 0.1) is 12.7 Å². The van der Waals surface area contributed by atoms with Gasteiger partial charge in [0.1, 0.15) is 12.2 Å². The summed E-state index contributed by atoms with van der Waals surface area (Å²) in [5.74, 6) is -0.214. The molecule has 0 spiro atoms. The molecular weight excluding hydrogens is 262 g/mol. The molecule has 1 aliphatic rings. The molecule has 0 aromatic carbocycles. The number of nitrogens with zero attached hydrogens (tertiary/aromatic N) is 3. The van der Waals surface area contributed by atoms with Crippen molar-refractivity contribution in [3.05, 3.63) is 11.9 Å². The monoisotopic (exact) mass is 281 g/mol. The number of carbonyl (C=O) groups excluding carboxylic acids is 1. The first-order valence-electron chi connectivity index (χ1n) is 6.76. The Morgan fingerprint density at radius 2 is 2.20 bits per heavy atom. The minimum absolute atomic E-state index is 0.231. The van der Waals surface area contributed by atoms with E-state index in [1.165, 1.54) is 30.1 Å². The Morgan fingerprint density at radius 3 is 2.85 bits per heavy atom. The zero-order chi connectivity index (χ0) is 14.4. The van der Waals surface area contributed by atoms with E-state index in [-0.39, 0.29) is 19.1 Å². The van der Waals surface area contributed by atoms with Crippen molar-refractivity contribution in [3.63, 3.8) is 0 Å². The lowest BCUT2D eigenvalue weighted by atomic mass is 9.83. The molecule has 1 aliphatic carbocycles. The van der Waals surface area contributed by atoms with Crippen molar-refractivity contribution in [1.82, 2.24) is 25.6 Å². The van der Waals surface area contributed by atoms with E-state index in [1.54, 1.807) is 0 Å². The SMILES string of the molecule is O=C(O)Cn1cc(CNC(=O)NCCC2CCC2)nn1. The molecule has 1 saturated carbocycles. The summed E-state index contributed by atoms with van der Waals surface area (Å²) >= 11 is 0. The van der Waals surface area contributed by atoms with Gasteiger partial charge in [-0.2, -0.15) is 0 Å². The van der Waals surface area contributed by atoms with Crippen molar-refractivity contribution < 1.29 is 14.7 Å². The van der Waals surface area contributed by atoms with Crippen LogP contribution in [0, 0.1) is 5.92 Å². The first-order chi connectivity index (χ1) is 9.63. The van der Waals surface area contributed by atoms with Crippen LogP contribution in [0.3, 0.4) is 0 Å². The van der Waals surface area contributed by atoms with Gasteiger partial charge in [-0.3, -0.25) is 4.79 Å². The van der Waals surface area contributed by atoms with E-state index >= 15 is 0 Å². The van der Waals surface area contributed by atoms with Gasteiger partial charge >= 0.3 is 12.0 Å². The van der Waals surface area contributed by atoms with Crippen molar-refractivity contribution in [1.29, 1.82) is 0 Å². The van der Waals surface area contributed by atoms with Gasteiger partial charge in [0.15, 0.2) is 0 Å². The van der Waals surface area contributed by atoms with E-state index in [2.05, 4.69) is 20.9 Å². The number of aliphatic carboxylic acids is 1. The number of carboxylic acids is 1. The summed E-state index contributed by atoms with van der Waals surface area (Å²) in [5, 5.41) is 21.5. The molecule has 8 heteroatoms. The summed E-state index contributed by atoms with van der Waals surface area (Å²) in [7, 11) is 0. The fourth-order valence-corrected chi connectivity index (χ4v) is 2.04. The van der Waals surface area contributed by atoms with Crippen molar-refractivity contribution in [2.75, 3.05) is 6.54 Å². The Hall–Kier alpha value is -2.12. The van der Waals surface area contributed by atoms with Crippen LogP contribution >= 0.6 is 0 Å². The molecule has 3 N–H and O–H groups in total. The minimum atomic E-state index is -0.983. The summed E-state index contributed by atoms with van der Waals surface area (Å²) in [6.07, 6.45) is 6.39. The Balaban J connectivity index is 1.62. The average molecular weight is 281 g/mol. The second-order valence-electron chi connectivity index (χ2n) is 5.00. The number of amides is 2. The summed E-state index contributed by atoms with van der Waals surface area (Å²) in [5.41, 5.74) is 0.528. The Labute approximate surface area is 116 Å². The van der Waals surface area contributed by atoms with Crippen LogP contribution in [0.2, 0.25) is 0 Å². The molecule has 0 unspecified atom stereocenters. The molecule has 1 fully saturated rings. The van der Waals surface area contributed by atoms with Crippen molar-refractivity contribution in [3.8, 4) is 0 Å². The first kappa shape index (κ1) is 14.3. The van der Waals surface area contributed by atoms with Crippen LogP contribution in [0.1, 0.15) is 31.4 Å². The van der Waals surface area contributed by atoms with Crippen LogP contribution in [0.4, 0.5) is 4.79 Å².